The fraction of sp³-hybridized carbons (Fsp3) is 0.190. The van der Waals surface area contributed by atoms with E-state index in [1.165, 1.54) is 0 Å². The minimum Gasteiger partial charge on any atom is -0.325 e. The van der Waals surface area contributed by atoms with Gasteiger partial charge in [0.15, 0.2) is 0 Å². The number of fused-ring (bicyclic) bond motifs is 1. The molecule has 25 heavy (non-hydrogen) atoms. The van der Waals surface area contributed by atoms with Crippen LogP contribution in [0.25, 0.3) is 10.8 Å². The molecule has 4 heteroatoms. The summed E-state index contributed by atoms with van der Waals surface area (Å²) in [7, 11) is 0. The van der Waals surface area contributed by atoms with Gasteiger partial charge in [-0.1, -0.05) is 54.1 Å². The average molecular weight is 353 g/mol. The van der Waals surface area contributed by atoms with Crippen molar-refractivity contribution >= 4 is 34.0 Å². The smallest absolute Gasteiger partial charge is 0.241 e. The quantitative estimate of drug-likeness (QED) is 0.665. The molecule has 2 N–H and O–H groups in total. The first-order valence-electron chi connectivity index (χ1n) is 8.34. The summed E-state index contributed by atoms with van der Waals surface area (Å²) in [6, 6.07) is 21.4. The highest BCUT2D eigenvalue weighted by Crippen LogP contribution is 2.20. The molecule has 0 fully saturated rings. The van der Waals surface area contributed by atoms with Crippen molar-refractivity contribution in [2.75, 3.05) is 5.32 Å². The monoisotopic (exact) mass is 352 g/mol. The maximum Gasteiger partial charge on any atom is 0.241 e. The van der Waals surface area contributed by atoms with Crippen LogP contribution >= 0.6 is 11.6 Å². The van der Waals surface area contributed by atoms with Crippen LogP contribution in [0.5, 0.6) is 0 Å². The summed E-state index contributed by atoms with van der Waals surface area (Å²) in [5, 5.41) is 9.24. The summed E-state index contributed by atoms with van der Waals surface area (Å²) < 4.78 is 0. The van der Waals surface area contributed by atoms with E-state index in [9.17, 15) is 4.79 Å². The van der Waals surface area contributed by atoms with Crippen molar-refractivity contribution in [3.63, 3.8) is 0 Å². The van der Waals surface area contributed by atoms with Crippen LogP contribution in [0.15, 0.2) is 66.7 Å². The van der Waals surface area contributed by atoms with E-state index in [-0.39, 0.29) is 18.0 Å². The molecule has 3 rings (SSSR count). The number of rotatable bonds is 5. The molecule has 0 bridgehead atoms. The van der Waals surface area contributed by atoms with Crippen LogP contribution in [-0.4, -0.2) is 11.9 Å². The third kappa shape index (κ3) is 4.38. The molecule has 2 atom stereocenters. The summed E-state index contributed by atoms with van der Waals surface area (Å²) in [6.45, 7) is 3.88. The number of hydrogen-bond acceptors (Lipinski definition) is 2. The first kappa shape index (κ1) is 17.5. The number of carbonyl (C=O) groups excluding carboxylic acids is 1. The van der Waals surface area contributed by atoms with Crippen LogP contribution in [0, 0.1) is 0 Å². The lowest BCUT2D eigenvalue weighted by Crippen LogP contribution is -2.39. The van der Waals surface area contributed by atoms with E-state index in [1.807, 2.05) is 74.5 Å². The highest BCUT2D eigenvalue weighted by molar-refractivity contribution is 6.30. The topological polar surface area (TPSA) is 41.1 Å². The van der Waals surface area contributed by atoms with Crippen LogP contribution in [0.4, 0.5) is 5.69 Å². The Bertz CT molecular complexity index is 894. The van der Waals surface area contributed by atoms with Gasteiger partial charge in [-0.25, -0.2) is 0 Å². The van der Waals surface area contributed by atoms with Crippen molar-refractivity contribution in [3.05, 3.63) is 77.3 Å². The Kier molecular flexibility index (Phi) is 5.37. The lowest BCUT2D eigenvalue weighted by atomic mass is 10.1. The Morgan fingerprint density at radius 1 is 0.920 bits per heavy atom. The van der Waals surface area contributed by atoms with Crippen LogP contribution in [0.1, 0.15) is 25.5 Å². The molecule has 128 valence electrons. The van der Waals surface area contributed by atoms with Gasteiger partial charge >= 0.3 is 0 Å². The number of halogens is 1. The Morgan fingerprint density at radius 3 is 2.44 bits per heavy atom. The Labute approximate surface area is 153 Å². The predicted octanol–water partition coefficient (Wildman–Crippen LogP) is 5.17. The van der Waals surface area contributed by atoms with Crippen LogP contribution in [0.2, 0.25) is 5.02 Å². The average Bonchev–Trinajstić information content (AvgIpc) is 2.61. The van der Waals surface area contributed by atoms with Gasteiger partial charge in [-0.2, -0.15) is 0 Å². The van der Waals surface area contributed by atoms with E-state index in [0.717, 1.165) is 22.0 Å². The van der Waals surface area contributed by atoms with Gasteiger partial charge in [0.05, 0.1) is 6.04 Å². The van der Waals surface area contributed by atoms with Gasteiger partial charge in [-0.05, 0) is 54.4 Å². The Hall–Kier alpha value is -2.36. The number of hydrogen-bond donors (Lipinski definition) is 2. The van der Waals surface area contributed by atoms with Crippen LogP contribution in [0.3, 0.4) is 0 Å². The van der Waals surface area contributed by atoms with E-state index in [1.54, 1.807) is 0 Å². The fourth-order valence-electron chi connectivity index (χ4n) is 2.84. The molecule has 0 aromatic heterocycles. The molecule has 0 heterocycles. The molecule has 3 aromatic rings. The molecule has 0 aliphatic rings. The fourth-order valence-corrected chi connectivity index (χ4v) is 3.04. The molecule has 1 amide bonds. The SMILES string of the molecule is C[C@H](N[C@@H](C)c1cccc(Cl)c1)C(=O)Nc1ccc2ccccc2c1. The second-order valence-electron chi connectivity index (χ2n) is 6.22. The molecule has 0 unspecified atom stereocenters. The van der Waals surface area contributed by atoms with E-state index < -0.39 is 0 Å². The van der Waals surface area contributed by atoms with Crippen molar-refractivity contribution < 1.29 is 4.79 Å². The zero-order chi connectivity index (χ0) is 17.8. The van der Waals surface area contributed by atoms with Gasteiger partial charge < -0.3 is 5.32 Å². The second-order valence-corrected chi connectivity index (χ2v) is 6.65. The molecule has 0 radical (unpaired) electrons. The lowest BCUT2D eigenvalue weighted by Gasteiger charge is -2.20. The van der Waals surface area contributed by atoms with Crippen molar-refractivity contribution in [1.29, 1.82) is 0 Å². The first-order valence-corrected chi connectivity index (χ1v) is 8.72. The van der Waals surface area contributed by atoms with E-state index in [2.05, 4.69) is 16.7 Å². The Morgan fingerprint density at radius 2 is 1.68 bits per heavy atom. The summed E-state index contributed by atoms with van der Waals surface area (Å²) in [6.07, 6.45) is 0. The van der Waals surface area contributed by atoms with E-state index >= 15 is 0 Å². The van der Waals surface area contributed by atoms with Gasteiger partial charge in [0.1, 0.15) is 0 Å². The van der Waals surface area contributed by atoms with Crippen molar-refractivity contribution in [3.8, 4) is 0 Å². The summed E-state index contributed by atoms with van der Waals surface area (Å²) in [5.74, 6) is -0.0656. The number of carbonyl (C=O) groups is 1. The molecule has 3 nitrogen and oxygen atoms in total. The standard InChI is InChI=1S/C21H21ClN2O/c1-14(17-8-5-9-19(22)12-17)23-15(2)21(25)24-20-11-10-16-6-3-4-7-18(16)13-20/h3-15,23H,1-2H3,(H,24,25)/t14-,15-/m0/s1. The van der Waals surface area contributed by atoms with Gasteiger partial charge in [-0.15, -0.1) is 0 Å². The van der Waals surface area contributed by atoms with Crippen molar-refractivity contribution in [1.82, 2.24) is 5.32 Å². The van der Waals surface area contributed by atoms with Gasteiger partial charge in [-0.3, -0.25) is 10.1 Å². The van der Waals surface area contributed by atoms with Crippen LogP contribution < -0.4 is 10.6 Å². The molecular weight excluding hydrogens is 332 g/mol. The zero-order valence-corrected chi connectivity index (χ0v) is 15.0. The van der Waals surface area contributed by atoms with Crippen molar-refractivity contribution in [2.45, 2.75) is 25.9 Å². The largest absolute Gasteiger partial charge is 0.325 e. The lowest BCUT2D eigenvalue weighted by molar-refractivity contribution is -0.117. The number of anilines is 1. The molecule has 0 saturated carbocycles. The molecule has 0 aliphatic carbocycles. The maximum atomic E-state index is 12.5. The number of nitrogens with one attached hydrogen (secondary N) is 2. The predicted molar refractivity (Wildman–Crippen MR) is 105 cm³/mol. The second kappa shape index (κ2) is 7.68. The molecular formula is C21H21ClN2O. The van der Waals surface area contributed by atoms with E-state index in [4.69, 9.17) is 11.6 Å². The van der Waals surface area contributed by atoms with Crippen LogP contribution in [-0.2, 0) is 4.79 Å². The minimum absolute atomic E-state index is 0.0241. The van der Waals surface area contributed by atoms with E-state index in [0.29, 0.717) is 5.02 Å². The van der Waals surface area contributed by atoms with Gasteiger partial charge in [0.2, 0.25) is 5.91 Å². The zero-order valence-electron chi connectivity index (χ0n) is 14.3. The van der Waals surface area contributed by atoms with Gasteiger partial charge in [0.25, 0.3) is 0 Å². The summed E-state index contributed by atoms with van der Waals surface area (Å²) in [5.41, 5.74) is 1.85. The summed E-state index contributed by atoms with van der Waals surface area (Å²) in [4.78, 5) is 12.5. The van der Waals surface area contributed by atoms with Gasteiger partial charge in [0, 0.05) is 16.8 Å². The number of benzene rings is 3. The highest BCUT2D eigenvalue weighted by Gasteiger charge is 2.16. The molecule has 0 aliphatic heterocycles. The first-order chi connectivity index (χ1) is 12.0. The van der Waals surface area contributed by atoms with Crippen molar-refractivity contribution in [2.24, 2.45) is 0 Å². The molecule has 0 saturated heterocycles. The Balaban J connectivity index is 1.65. The third-order valence-corrected chi connectivity index (χ3v) is 4.49. The third-order valence-electron chi connectivity index (χ3n) is 4.26. The number of amides is 1. The maximum absolute atomic E-state index is 12.5. The minimum atomic E-state index is -0.333. The molecule has 3 aromatic carbocycles. The normalized spacial score (nSPS) is 13.4. The summed E-state index contributed by atoms with van der Waals surface area (Å²) >= 11 is 6.04. The highest BCUT2D eigenvalue weighted by atomic mass is 35.5. The molecule has 0 spiro atoms.